The molecule has 0 N–H and O–H groups in total. The Balaban J connectivity index is 3.35. The second-order valence-corrected chi connectivity index (χ2v) is 3.84. The third-order valence-electron chi connectivity index (χ3n) is 2.95. The van der Waals surface area contributed by atoms with Crippen molar-refractivity contribution in [1.29, 1.82) is 0 Å². The molecule has 8 heteroatoms. The standard InChI is InChI=1S/C9H8F8/c1-2-5-3-4-6(10,8(12,13)14)7(5,11)9(15,16)17/h4-5H,1-3H2. The second kappa shape index (κ2) is 3.71. The second-order valence-electron chi connectivity index (χ2n) is 3.84. The molecule has 0 heterocycles. The number of hydrogen-bond donors (Lipinski definition) is 0. The van der Waals surface area contributed by atoms with Crippen LogP contribution in [0.15, 0.2) is 0 Å². The summed E-state index contributed by atoms with van der Waals surface area (Å²) in [4.78, 5) is 0. The van der Waals surface area contributed by atoms with Crippen molar-refractivity contribution in [2.24, 2.45) is 5.92 Å². The Hall–Kier alpha value is -0.560. The van der Waals surface area contributed by atoms with Gasteiger partial charge in [-0.1, -0.05) is 6.92 Å². The molecule has 1 aliphatic rings. The Morgan fingerprint density at radius 2 is 1.53 bits per heavy atom. The Morgan fingerprint density at radius 3 is 1.82 bits per heavy atom. The van der Waals surface area contributed by atoms with Crippen molar-refractivity contribution in [3.63, 3.8) is 0 Å². The largest absolute Gasteiger partial charge is 0.426 e. The van der Waals surface area contributed by atoms with Gasteiger partial charge in [0.05, 0.1) is 0 Å². The van der Waals surface area contributed by atoms with Crippen LogP contribution < -0.4 is 0 Å². The minimum Gasteiger partial charge on any atom is -0.229 e. The van der Waals surface area contributed by atoms with Gasteiger partial charge >= 0.3 is 12.4 Å². The first-order valence-corrected chi connectivity index (χ1v) is 4.56. The van der Waals surface area contributed by atoms with E-state index in [2.05, 4.69) is 6.92 Å². The predicted molar refractivity (Wildman–Crippen MR) is 42.2 cm³/mol. The molecule has 0 aliphatic heterocycles. The average Bonchev–Trinajstić information content (AvgIpc) is 2.40. The van der Waals surface area contributed by atoms with Gasteiger partial charge in [0, 0.05) is 12.3 Å². The average molecular weight is 268 g/mol. The highest BCUT2D eigenvalue weighted by Crippen LogP contribution is 2.62. The fourth-order valence-electron chi connectivity index (χ4n) is 1.99. The molecule has 1 saturated carbocycles. The zero-order valence-electron chi connectivity index (χ0n) is 8.30. The molecule has 0 amide bonds. The number of alkyl halides is 8. The van der Waals surface area contributed by atoms with Gasteiger partial charge in [-0.05, 0) is 12.8 Å². The van der Waals surface area contributed by atoms with E-state index in [4.69, 9.17) is 0 Å². The van der Waals surface area contributed by atoms with Crippen molar-refractivity contribution in [3.05, 3.63) is 13.3 Å². The molecule has 0 aromatic rings. The summed E-state index contributed by atoms with van der Waals surface area (Å²) in [5.74, 6) is -2.17. The van der Waals surface area contributed by atoms with E-state index in [-0.39, 0.29) is 6.42 Å². The monoisotopic (exact) mass is 268 g/mol. The highest BCUT2D eigenvalue weighted by Gasteiger charge is 2.83. The Morgan fingerprint density at radius 1 is 1.06 bits per heavy atom. The van der Waals surface area contributed by atoms with Crippen LogP contribution in [0.1, 0.15) is 12.8 Å². The Labute approximate surface area is 92.0 Å². The van der Waals surface area contributed by atoms with Crippen LogP contribution in [0.3, 0.4) is 0 Å². The van der Waals surface area contributed by atoms with Crippen LogP contribution in [0.5, 0.6) is 0 Å². The maximum absolute atomic E-state index is 13.7. The van der Waals surface area contributed by atoms with Crippen LogP contribution in [0.4, 0.5) is 35.1 Å². The number of hydrogen-bond acceptors (Lipinski definition) is 0. The van der Waals surface area contributed by atoms with Gasteiger partial charge in [0.15, 0.2) is 0 Å². The first kappa shape index (κ1) is 14.5. The molecule has 17 heavy (non-hydrogen) atoms. The fraction of sp³-hybridized carbons (Fsp3) is 0.778. The van der Waals surface area contributed by atoms with E-state index in [9.17, 15) is 35.1 Å². The van der Waals surface area contributed by atoms with E-state index >= 15 is 0 Å². The van der Waals surface area contributed by atoms with E-state index < -0.39 is 42.4 Å². The van der Waals surface area contributed by atoms with Crippen LogP contribution in [0.2, 0.25) is 0 Å². The lowest BCUT2D eigenvalue weighted by molar-refractivity contribution is -0.334. The highest BCUT2D eigenvalue weighted by atomic mass is 19.4. The summed E-state index contributed by atoms with van der Waals surface area (Å²) in [5.41, 5.74) is -9.99. The molecule has 0 nitrogen and oxygen atoms in total. The van der Waals surface area contributed by atoms with Crippen molar-refractivity contribution in [1.82, 2.24) is 0 Å². The van der Waals surface area contributed by atoms with Crippen LogP contribution in [-0.2, 0) is 0 Å². The van der Waals surface area contributed by atoms with Crippen molar-refractivity contribution in [3.8, 4) is 0 Å². The van der Waals surface area contributed by atoms with Crippen molar-refractivity contribution in [2.45, 2.75) is 36.5 Å². The fourth-order valence-corrected chi connectivity index (χ4v) is 1.99. The van der Waals surface area contributed by atoms with Crippen LogP contribution in [0.25, 0.3) is 0 Å². The lowest BCUT2D eigenvalue weighted by Gasteiger charge is -2.38. The smallest absolute Gasteiger partial charge is 0.229 e. The van der Waals surface area contributed by atoms with Gasteiger partial charge in [-0.3, -0.25) is 0 Å². The minimum absolute atomic E-state index is 0.295. The Bertz CT molecular complexity index is 292. The maximum Gasteiger partial charge on any atom is 0.426 e. The predicted octanol–water partition coefficient (Wildman–Crippen LogP) is 3.98. The molecule has 2 radical (unpaired) electrons. The minimum atomic E-state index is -5.96. The lowest BCUT2D eigenvalue weighted by atomic mass is 9.81. The summed E-state index contributed by atoms with van der Waals surface area (Å²) in [6, 6.07) is 0. The highest BCUT2D eigenvalue weighted by molar-refractivity contribution is 5.24. The molecule has 0 spiro atoms. The van der Waals surface area contributed by atoms with Gasteiger partial charge in [0.2, 0.25) is 0 Å². The molecule has 0 saturated heterocycles. The summed E-state index contributed by atoms with van der Waals surface area (Å²) in [6.45, 7) is 2.93. The van der Waals surface area contributed by atoms with Gasteiger partial charge in [-0.15, -0.1) is 0 Å². The van der Waals surface area contributed by atoms with Crippen LogP contribution in [0, 0.1) is 19.3 Å². The summed E-state index contributed by atoms with van der Waals surface area (Å²) in [6.07, 6.45) is -14.0. The maximum atomic E-state index is 13.7. The quantitative estimate of drug-likeness (QED) is 0.631. The van der Waals surface area contributed by atoms with E-state index in [1.807, 2.05) is 0 Å². The summed E-state index contributed by atoms with van der Waals surface area (Å²) >= 11 is 0. The molecule has 1 fully saturated rings. The van der Waals surface area contributed by atoms with Crippen LogP contribution in [-0.4, -0.2) is 23.7 Å². The first-order chi connectivity index (χ1) is 7.42. The molecule has 3 unspecified atom stereocenters. The van der Waals surface area contributed by atoms with Crippen LogP contribution >= 0.6 is 0 Å². The Kier molecular flexibility index (Phi) is 3.17. The molecule has 0 aromatic heterocycles. The normalized spacial score (nSPS) is 39.7. The third-order valence-corrected chi connectivity index (χ3v) is 2.95. The van der Waals surface area contributed by atoms with Gasteiger partial charge in [0.1, 0.15) is 0 Å². The molecular weight excluding hydrogens is 260 g/mol. The molecule has 3 atom stereocenters. The van der Waals surface area contributed by atoms with E-state index in [1.54, 1.807) is 0 Å². The third kappa shape index (κ3) is 1.71. The zero-order chi connectivity index (χ0) is 13.7. The van der Waals surface area contributed by atoms with Crippen molar-refractivity contribution in [2.75, 3.05) is 0 Å². The summed E-state index contributed by atoms with van der Waals surface area (Å²) < 4.78 is 102. The lowest BCUT2D eigenvalue weighted by Crippen LogP contribution is -2.63. The molecule has 1 aliphatic carbocycles. The van der Waals surface area contributed by atoms with E-state index in [0.29, 0.717) is 0 Å². The molecule has 1 rings (SSSR count). The van der Waals surface area contributed by atoms with E-state index in [0.717, 1.165) is 0 Å². The van der Waals surface area contributed by atoms with Gasteiger partial charge in [-0.25, -0.2) is 8.78 Å². The molecule has 100 valence electrons. The van der Waals surface area contributed by atoms with E-state index in [1.165, 1.54) is 0 Å². The van der Waals surface area contributed by atoms with Gasteiger partial charge in [-0.2, -0.15) is 26.3 Å². The van der Waals surface area contributed by atoms with Gasteiger partial charge < -0.3 is 0 Å². The SMILES string of the molecule is [CH2]CC1C[CH]C(F)(C(F)(F)F)C1(F)C(F)(F)F. The molecule has 0 aromatic carbocycles. The zero-order valence-corrected chi connectivity index (χ0v) is 8.30. The molecular formula is C9H8F8. The number of halogens is 8. The number of rotatable bonds is 1. The topological polar surface area (TPSA) is 0 Å². The molecule has 0 bridgehead atoms. The summed E-state index contributed by atoms with van der Waals surface area (Å²) in [7, 11) is 0. The summed E-state index contributed by atoms with van der Waals surface area (Å²) in [5, 5.41) is 0. The van der Waals surface area contributed by atoms with Gasteiger partial charge in [0.25, 0.3) is 11.3 Å². The van der Waals surface area contributed by atoms with Crippen molar-refractivity contribution < 1.29 is 35.1 Å². The van der Waals surface area contributed by atoms with Crippen molar-refractivity contribution >= 4 is 0 Å². The first-order valence-electron chi connectivity index (χ1n) is 4.56.